The molecular weight excluding hydrogens is 376 g/mol. The van der Waals surface area contributed by atoms with Gasteiger partial charge in [0.1, 0.15) is 6.10 Å². The normalized spacial score (nSPS) is 19.7. The first kappa shape index (κ1) is 19.4. The van der Waals surface area contributed by atoms with E-state index >= 15 is 0 Å². The average Bonchev–Trinajstić information content (AvgIpc) is 3.28. The number of aryl methyl sites for hydroxylation is 1. The Kier molecular flexibility index (Phi) is 5.23. The first-order chi connectivity index (χ1) is 14.0. The van der Waals surface area contributed by atoms with Crippen molar-refractivity contribution in [2.45, 2.75) is 32.4 Å². The van der Waals surface area contributed by atoms with Gasteiger partial charge < -0.3 is 24.1 Å². The number of carbonyl (C=O) groups is 2. The summed E-state index contributed by atoms with van der Waals surface area (Å²) in [6.07, 6.45) is 1.33. The van der Waals surface area contributed by atoms with Gasteiger partial charge in [-0.2, -0.15) is 0 Å². The number of hydrogen-bond donors (Lipinski definition) is 1. The Morgan fingerprint density at radius 2 is 1.86 bits per heavy atom. The number of H-pyrrole nitrogens is 1. The molecule has 9 heteroatoms. The molecule has 1 N–H and O–H groups in total. The third-order valence-electron chi connectivity index (χ3n) is 5.62. The molecule has 29 heavy (non-hydrogen) atoms. The van der Waals surface area contributed by atoms with Crippen LogP contribution in [0.2, 0.25) is 0 Å². The fourth-order valence-corrected chi connectivity index (χ4v) is 4.01. The Morgan fingerprint density at radius 1 is 1.14 bits per heavy atom. The summed E-state index contributed by atoms with van der Waals surface area (Å²) >= 11 is 0. The highest BCUT2D eigenvalue weighted by Crippen LogP contribution is 2.18. The van der Waals surface area contributed by atoms with E-state index in [1.165, 1.54) is 4.57 Å². The van der Waals surface area contributed by atoms with Gasteiger partial charge >= 0.3 is 11.1 Å². The Hall–Kier alpha value is -2.94. The van der Waals surface area contributed by atoms with Crippen molar-refractivity contribution in [2.24, 2.45) is 0 Å². The molecule has 1 aromatic carbocycles. The van der Waals surface area contributed by atoms with Gasteiger partial charge in [-0.1, -0.05) is 0 Å². The van der Waals surface area contributed by atoms with E-state index in [2.05, 4.69) is 4.98 Å². The predicted molar refractivity (Wildman–Crippen MR) is 106 cm³/mol. The molecule has 9 nitrogen and oxygen atoms in total. The Morgan fingerprint density at radius 3 is 2.52 bits per heavy atom. The Labute approximate surface area is 166 Å². The van der Waals surface area contributed by atoms with Gasteiger partial charge in [0.25, 0.3) is 11.8 Å². The largest absolute Gasteiger partial charge is 0.368 e. The van der Waals surface area contributed by atoms with Crippen LogP contribution in [0.25, 0.3) is 11.0 Å². The lowest BCUT2D eigenvalue weighted by molar-refractivity contribution is -0.142. The number of nitrogens with zero attached hydrogens (tertiary/aromatic N) is 3. The summed E-state index contributed by atoms with van der Waals surface area (Å²) in [4.78, 5) is 55.2. The van der Waals surface area contributed by atoms with E-state index in [1.54, 1.807) is 34.9 Å². The third kappa shape index (κ3) is 3.57. The summed E-state index contributed by atoms with van der Waals surface area (Å²) in [5.74, 6) is -0.151. The van der Waals surface area contributed by atoms with Crippen molar-refractivity contribution >= 4 is 22.8 Å². The summed E-state index contributed by atoms with van der Waals surface area (Å²) in [5.41, 5.74) is 0.166. The van der Waals surface area contributed by atoms with E-state index < -0.39 is 11.1 Å². The lowest BCUT2D eigenvalue weighted by Gasteiger charge is -2.35. The standard InChI is InChI=1S/C20H24N4O5/c1-2-24-15-6-5-13(12-14(15)21-17(25)20(24)28)18(26)22-7-9-23(10-8-22)19(27)16-4-3-11-29-16/h5-6,12,16H,2-4,7-11H2,1H3,(H,21,25). The zero-order chi connectivity index (χ0) is 20.5. The summed E-state index contributed by atoms with van der Waals surface area (Å²) in [5, 5.41) is 0. The van der Waals surface area contributed by atoms with Crippen LogP contribution in [0.15, 0.2) is 27.8 Å². The molecule has 2 saturated heterocycles. The van der Waals surface area contributed by atoms with E-state index in [0.29, 0.717) is 55.9 Å². The molecule has 0 aliphatic carbocycles. The molecule has 1 atom stereocenters. The van der Waals surface area contributed by atoms with Gasteiger partial charge in [-0.25, -0.2) is 0 Å². The molecule has 154 valence electrons. The van der Waals surface area contributed by atoms with Gasteiger partial charge in [-0.05, 0) is 38.0 Å². The molecule has 1 unspecified atom stereocenters. The minimum Gasteiger partial charge on any atom is -0.368 e. The minimum absolute atomic E-state index is 0.00964. The summed E-state index contributed by atoms with van der Waals surface area (Å²) < 4.78 is 6.85. The maximum Gasteiger partial charge on any atom is 0.316 e. The second-order valence-electron chi connectivity index (χ2n) is 7.35. The van der Waals surface area contributed by atoms with Crippen molar-refractivity contribution in [3.8, 4) is 0 Å². The van der Waals surface area contributed by atoms with E-state index in [0.717, 1.165) is 12.8 Å². The van der Waals surface area contributed by atoms with Crippen LogP contribution in [0.1, 0.15) is 30.1 Å². The highest BCUT2D eigenvalue weighted by atomic mass is 16.5. The van der Waals surface area contributed by atoms with Crippen LogP contribution in [-0.2, 0) is 16.1 Å². The van der Waals surface area contributed by atoms with Crippen molar-refractivity contribution in [3.63, 3.8) is 0 Å². The molecule has 2 aromatic rings. The number of hydrogen-bond acceptors (Lipinski definition) is 5. The van der Waals surface area contributed by atoms with Crippen molar-refractivity contribution in [2.75, 3.05) is 32.8 Å². The van der Waals surface area contributed by atoms with Crippen LogP contribution in [-0.4, -0.2) is 70.1 Å². The number of benzene rings is 1. The lowest BCUT2D eigenvalue weighted by Crippen LogP contribution is -2.52. The van der Waals surface area contributed by atoms with Gasteiger partial charge in [0.2, 0.25) is 0 Å². The molecule has 2 amide bonds. The molecular formula is C20H24N4O5. The maximum absolute atomic E-state index is 12.9. The smallest absolute Gasteiger partial charge is 0.316 e. The summed E-state index contributed by atoms with van der Waals surface area (Å²) in [7, 11) is 0. The number of ether oxygens (including phenoxy) is 1. The third-order valence-corrected chi connectivity index (χ3v) is 5.62. The lowest BCUT2D eigenvalue weighted by atomic mass is 10.1. The number of piperazine rings is 1. The van der Waals surface area contributed by atoms with Crippen LogP contribution >= 0.6 is 0 Å². The van der Waals surface area contributed by atoms with Gasteiger partial charge in [-0.15, -0.1) is 0 Å². The van der Waals surface area contributed by atoms with Gasteiger partial charge in [0, 0.05) is 44.9 Å². The summed E-state index contributed by atoms with van der Waals surface area (Å²) in [6, 6.07) is 4.95. The molecule has 0 radical (unpaired) electrons. The van der Waals surface area contributed by atoms with Crippen molar-refractivity contribution in [3.05, 3.63) is 44.5 Å². The first-order valence-electron chi connectivity index (χ1n) is 9.96. The highest BCUT2D eigenvalue weighted by Gasteiger charge is 2.31. The molecule has 2 fully saturated rings. The van der Waals surface area contributed by atoms with E-state index in [-0.39, 0.29) is 17.9 Å². The molecule has 0 spiro atoms. The number of nitrogens with one attached hydrogen (secondary N) is 1. The monoisotopic (exact) mass is 400 g/mol. The number of aromatic amines is 1. The molecule has 2 aliphatic heterocycles. The maximum atomic E-state index is 12.9. The van der Waals surface area contributed by atoms with E-state index in [9.17, 15) is 19.2 Å². The van der Waals surface area contributed by atoms with Crippen LogP contribution < -0.4 is 11.1 Å². The fraction of sp³-hybridized carbons (Fsp3) is 0.500. The van der Waals surface area contributed by atoms with Crippen LogP contribution in [0.4, 0.5) is 0 Å². The highest BCUT2D eigenvalue weighted by molar-refractivity contribution is 5.97. The molecule has 1 aromatic heterocycles. The number of amides is 2. The van der Waals surface area contributed by atoms with E-state index in [4.69, 9.17) is 4.74 Å². The first-order valence-corrected chi connectivity index (χ1v) is 9.96. The Bertz CT molecular complexity index is 1060. The number of carbonyl (C=O) groups excluding carboxylic acids is 2. The average molecular weight is 400 g/mol. The van der Waals surface area contributed by atoms with Gasteiger partial charge in [-0.3, -0.25) is 19.2 Å². The fourth-order valence-electron chi connectivity index (χ4n) is 4.01. The quantitative estimate of drug-likeness (QED) is 0.740. The molecule has 0 bridgehead atoms. The van der Waals surface area contributed by atoms with Crippen LogP contribution in [0, 0.1) is 0 Å². The predicted octanol–water partition coefficient (Wildman–Crippen LogP) is 0.173. The van der Waals surface area contributed by atoms with Crippen molar-refractivity contribution in [1.29, 1.82) is 0 Å². The van der Waals surface area contributed by atoms with Gasteiger partial charge in [0.15, 0.2) is 0 Å². The molecule has 2 aliphatic rings. The van der Waals surface area contributed by atoms with Crippen LogP contribution in [0.3, 0.4) is 0 Å². The zero-order valence-electron chi connectivity index (χ0n) is 16.3. The minimum atomic E-state index is -0.704. The molecule has 3 heterocycles. The number of rotatable bonds is 3. The van der Waals surface area contributed by atoms with E-state index in [1.807, 2.05) is 0 Å². The molecule has 0 saturated carbocycles. The number of aromatic nitrogens is 2. The van der Waals surface area contributed by atoms with Gasteiger partial charge in [0.05, 0.1) is 11.0 Å². The van der Waals surface area contributed by atoms with Crippen molar-refractivity contribution < 1.29 is 14.3 Å². The summed E-state index contributed by atoms with van der Waals surface area (Å²) in [6.45, 7) is 4.63. The second-order valence-corrected chi connectivity index (χ2v) is 7.35. The Balaban J connectivity index is 1.49. The van der Waals surface area contributed by atoms with Crippen molar-refractivity contribution in [1.82, 2.24) is 19.4 Å². The number of fused-ring (bicyclic) bond motifs is 1. The topological polar surface area (TPSA) is 105 Å². The zero-order valence-corrected chi connectivity index (χ0v) is 16.3. The van der Waals surface area contributed by atoms with Crippen LogP contribution in [0.5, 0.6) is 0 Å². The molecule has 4 rings (SSSR count). The SMILES string of the molecule is CCn1c(=O)c(=O)[nH]c2cc(C(=O)N3CCN(C(=O)C4CCCO4)CC3)ccc21. The second kappa shape index (κ2) is 7.82.